The Kier molecular flexibility index (Phi) is 4.36. The van der Waals surface area contributed by atoms with E-state index in [4.69, 9.17) is 0 Å². The van der Waals surface area contributed by atoms with Gasteiger partial charge in [0.15, 0.2) is 0 Å². The van der Waals surface area contributed by atoms with Crippen molar-refractivity contribution in [1.29, 1.82) is 0 Å². The first-order valence-corrected chi connectivity index (χ1v) is 5.01. The fourth-order valence-electron chi connectivity index (χ4n) is 1.70. The molecule has 1 unspecified atom stereocenters. The maximum Gasteiger partial charge on any atom is 0.330 e. The Morgan fingerprint density at radius 3 is 3.00 bits per heavy atom. The van der Waals surface area contributed by atoms with Gasteiger partial charge in [0.05, 0.1) is 7.11 Å². The summed E-state index contributed by atoms with van der Waals surface area (Å²) < 4.78 is 4.46. The average Bonchev–Trinajstić information content (AvgIpc) is 2.20. The minimum atomic E-state index is -0.353. The second-order valence-electron chi connectivity index (χ2n) is 3.57. The molecule has 0 aliphatic heterocycles. The Hall–Kier alpha value is -1.12. The van der Waals surface area contributed by atoms with Gasteiger partial charge in [-0.3, -0.25) is 4.79 Å². The third-order valence-electron chi connectivity index (χ3n) is 2.56. The molecule has 0 saturated heterocycles. The van der Waals surface area contributed by atoms with E-state index in [1.165, 1.54) is 13.2 Å². The van der Waals surface area contributed by atoms with E-state index in [0.717, 1.165) is 19.3 Å². The number of ketones is 1. The quantitative estimate of drug-likeness (QED) is 0.511. The molecule has 0 heterocycles. The number of Topliss-reactive ketones (excluding diaryl/α,β-unsaturated/α-hetero) is 1. The number of hydrogen-bond donors (Lipinski definition) is 0. The van der Waals surface area contributed by atoms with Crippen molar-refractivity contribution in [2.75, 3.05) is 7.11 Å². The van der Waals surface area contributed by atoms with Crippen LogP contribution in [-0.4, -0.2) is 18.9 Å². The van der Waals surface area contributed by atoms with Gasteiger partial charge in [0, 0.05) is 18.4 Å². The molecule has 0 aromatic heterocycles. The number of ether oxygens (including phenoxy) is 1. The van der Waals surface area contributed by atoms with Gasteiger partial charge in [0.2, 0.25) is 0 Å². The lowest BCUT2D eigenvalue weighted by Crippen LogP contribution is -2.18. The SMILES string of the molecule is COC(=O)C=CCC1CCCCC1=O. The molecule has 0 amide bonds. The second kappa shape index (κ2) is 5.58. The maximum absolute atomic E-state index is 11.4. The molecule has 0 bridgehead atoms. The molecule has 0 spiro atoms. The first-order chi connectivity index (χ1) is 6.74. The number of allylic oxidation sites excluding steroid dienone is 1. The minimum Gasteiger partial charge on any atom is -0.466 e. The van der Waals surface area contributed by atoms with Crippen LogP contribution in [0.2, 0.25) is 0 Å². The predicted octanol–water partition coefficient (Wildman–Crippen LogP) is 1.86. The first kappa shape index (κ1) is 11.0. The third-order valence-corrected chi connectivity index (χ3v) is 2.56. The Bertz CT molecular complexity index is 243. The third kappa shape index (κ3) is 3.32. The summed E-state index contributed by atoms with van der Waals surface area (Å²) in [6, 6.07) is 0. The van der Waals surface area contributed by atoms with Crippen molar-refractivity contribution in [2.24, 2.45) is 5.92 Å². The molecule has 0 aromatic carbocycles. The zero-order valence-electron chi connectivity index (χ0n) is 8.49. The highest BCUT2D eigenvalue weighted by atomic mass is 16.5. The van der Waals surface area contributed by atoms with Crippen molar-refractivity contribution < 1.29 is 14.3 Å². The highest BCUT2D eigenvalue weighted by Crippen LogP contribution is 2.23. The van der Waals surface area contributed by atoms with Gasteiger partial charge in [-0.1, -0.05) is 12.5 Å². The first-order valence-electron chi connectivity index (χ1n) is 5.01. The number of esters is 1. The smallest absolute Gasteiger partial charge is 0.330 e. The van der Waals surface area contributed by atoms with Crippen molar-refractivity contribution in [3.63, 3.8) is 0 Å². The molecule has 1 atom stereocenters. The predicted molar refractivity (Wildman–Crippen MR) is 52.7 cm³/mol. The van der Waals surface area contributed by atoms with E-state index in [1.807, 2.05) is 0 Å². The molecule has 0 N–H and O–H groups in total. The lowest BCUT2D eigenvalue weighted by Gasteiger charge is -2.18. The summed E-state index contributed by atoms with van der Waals surface area (Å²) in [5.74, 6) is 0.115. The van der Waals surface area contributed by atoms with Gasteiger partial charge in [0.25, 0.3) is 0 Å². The van der Waals surface area contributed by atoms with Crippen molar-refractivity contribution >= 4 is 11.8 Å². The molecule has 0 aromatic rings. The van der Waals surface area contributed by atoms with Crippen LogP contribution in [0.25, 0.3) is 0 Å². The van der Waals surface area contributed by atoms with Gasteiger partial charge in [0.1, 0.15) is 5.78 Å². The van der Waals surface area contributed by atoms with Crippen molar-refractivity contribution in [3.05, 3.63) is 12.2 Å². The Morgan fingerprint density at radius 2 is 2.36 bits per heavy atom. The highest BCUT2D eigenvalue weighted by molar-refractivity contribution is 5.83. The molecule has 0 radical (unpaired) electrons. The van der Waals surface area contributed by atoms with E-state index in [-0.39, 0.29) is 11.9 Å². The summed E-state index contributed by atoms with van der Waals surface area (Å²) >= 11 is 0. The topological polar surface area (TPSA) is 43.4 Å². The van der Waals surface area contributed by atoms with E-state index in [1.54, 1.807) is 6.08 Å². The number of carbonyl (C=O) groups excluding carboxylic acids is 2. The van der Waals surface area contributed by atoms with E-state index in [0.29, 0.717) is 18.6 Å². The number of methoxy groups -OCH3 is 1. The van der Waals surface area contributed by atoms with Gasteiger partial charge >= 0.3 is 5.97 Å². The molecule has 1 saturated carbocycles. The Balaban J connectivity index is 2.32. The van der Waals surface area contributed by atoms with Crippen LogP contribution < -0.4 is 0 Å². The summed E-state index contributed by atoms with van der Waals surface area (Å²) in [7, 11) is 1.35. The molecular formula is C11H16O3. The van der Waals surface area contributed by atoms with Crippen LogP contribution in [-0.2, 0) is 14.3 Å². The van der Waals surface area contributed by atoms with E-state index >= 15 is 0 Å². The molecule has 1 aliphatic rings. The maximum atomic E-state index is 11.4. The van der Waals surface area contributed by atoms with Crippen LogP contribution in [0.4, 0.5) is 0 Å². The fraction of sp³-hybridized carbons (Fsp3) is 0.636. The summed E-state index contributed by atoms with van der Waals surface area (Å²) in [5, 5.41) is 0. The van der Waals surface area contributed by atoms with Crippen LogP contribution in [0.5, 0.6) is 0 Å². The molecule has 3 nitrogen and oxygen atoms in total. The zero-order valence-corrected chi connectivity index (χ0v) is 8.49. The minimum absolute atomic E-state index is 0.129. The summed E-state index contributed by atoms with van der Waals surface area (Å²) in [4.78, 5) is 22.1. The van der Waals surface area contributed by atoms with Crippen LogP contribution >= 0.6 is 0 Å². The van der Waals surface area contributed by atoms with E-state index in [9.17, 15) is 9.59 Å². The number of carbonyl (C=O) groups is 2. The number of hydrogen-bond acceptors (Lipinski definition) is 3. The summed E-state index contributed by atoms with van der Waals surface area (Å²) in [5.41, 5.74) is 0. The molecular weight excluding hydrogens is 180 g/mol. The standard InChI is InChI=1S/C11H16O3/c1-14-11(13)8-4-6-9-5-2-3-7-10(9)12/h4,8-9H,2-3,5-7H2,1H3. The van der Waals surface area contributed by atoms with Crippen molar-refractivity contribution in [1.82, 2.24) is 0 Å². The molecule has 14 heavy (non-hydrogen) atoms. The van der Waals surface area contributed by atoms with Gasteiger partial charge in [-0.05, 0) is 19.3 Å². The van der Waals surface area contributed by atoms with E-state index in [2.05, 4.69) is 4.74 Å². The second-order valence-corrected chi connectivity index (χ2v) is 3.57. The van der Waals surface area contributed by atoms with Crippen molar-refractivity contribution in [3.8, 4) is 0 Å². The normalized spacial score (nSPS) is 22.6. The molecule has 1 rings (SSSR count). The van der Waals surface area contributed by atoms with E-state index < -0.39 is 0 Å². The van der Waals surface area contributed by atoms with Gasteiger partial charge in [-0.2, -0.15) is 0 Å². The number of rotatable bonds is 3. The largest absolute Gasteiger partial charge is 0.466 e. The Labute approximate surface area is 84.1 Å². The van der Waals surface area contributed by atoms with Gasteiger partial charge in [-0.25, -0.2) is 4.79 Å². The van der Waals surface area contributed by atoms with Crippen LogP contribution in [0.15, 0.2) is 12.2 Å². The average molecular weight is 196 g/mol. The lowest BCUT2D eigenvalue weighted by atomic mass is 9.86. The lowest BCUT2D eigenvalue weighted by molar-refractivity contribution is -0.135. The zero-order chi connectivity index (χ0) is 10.4. The summed E-state index contributed by atoms with van der Waals surface area (Å²) in [6.07, 6.45) is 7.62. The summed E-state index contributed by atoms with van der Waals surface area (Å²) in [6.45, 7) is 0. The monoisotopic (exact) mass is 196 g/mol. The highest BCUT2D eigenvalue weighted by Gasteiger charge is 2.20. The molecule has 1 aliphatic carbocycles. The molecule has 3 heteroatoms. The fourth-order valence-corrected chi connectivity index (χ4v) is 1.70. The van der Waals surface area contributed by atoms with Gasteiger partial charge in [-0.15, -0.1) is 0 Å². The van der Waals surface area contributed by atoms with Gasteiger partial charge < -0.3 is 4.74 Å². The van der Waals surface area contributed by atoms with Crippen LogP contribution in [0.1, 0.15) is 32.1 Å². The molecule has 1 fully saturated rings. The van der Waals surface area contributed by atoms with Crippen LogP contribution in [0.3, 0.4) is 0 Å². The molecule has 78 valence electrons. The van der Waals surface area contributed by atoms with Crippen molar-refractivity contribution in [2.45, 2.75) is 32.1 Å². The van der Waals surface area contributed by atoms with Crippen LogP contribution in [0, 0.1) is 5.92 Å². The Morgan fingerprint density at radius 1 is 1.57 bits per heavy atom.